The second-order valence-electron chi connectivity index (χ2n) is 7.77. The van der Waals surface area contributed by atoms with E-state index in [0.29, 0.717) is 16.9 Å². The summed E-state index contributed by atoms with van der Waals surface area (Å²) in [6.45, 7) is 3.84. The maximum absolute atomic E-state index is 9.68. The quantitative estimate of drug-likeness (QED) is 0.683. The third-order valence-corrected chi connectivity index (χ3v) is 5.82. The van der Waals surface area contributed by atoms with E-state index in [0.717, 1.165) is 40.3 Å². The van der Waals surface area contributed by atoms with Crippen molar-refractivity contribution in [2.75, 3.05) is 5.32 Å². The van der Waals surface area contributed by atoms with E-state index in [1.165, 1.54) is 31.7 Å². The minimum Gasteiger partial charge on any atom is -0.508 e. The molecule has 0 amide bonds. The van der Waals surface area contributed by atoms with Gasteiger partial charge in [0, 0.05) is 12.1 Å². The summed E-state index contributed by atoms with van der Waals surface area (Å²) in [6.07, 6.45) is 5.21. The predicted octanol–water partition coefficient (Wildman–Crippen LogP) is 4.39. The molecule has 27 heavy (non-hydrogen) atoms. The van der Waals surface area contributed by atoms with Crippen molar-refractivity contribution in [3.05, 3.63) is 34.9 Å². The zero-order valence-electron chi connectivity index (χ0n) is 15.4. The molecule has 140 valence electrons. The molecule has 2 saturated carbocycles. The van der Waals surface area contributed by atoms with E-state index in [1.807, 2.05) is 18.4 Å². The van der Waals surface area contributed by atoms with Crippen LogP contribution in [0.1, 0.15) is 37.3 Å². The monoisotopic (exact) mass is 383 g/mol. The maximum atomic E-state index is 9.68. The van der Waals surface area contributed by atoms with Crippen LogP contribution in [-0.2, 0) is 0 Å². The van der Waals surface area contributed by atoms with E-state index in [2.05, 4.69) is 15.3 Å². The van der Waals surface area contributed by atoms with Gasteiger partial charge in [-0.05, 0) is 63.5 Å². The first-order valence-electron chi connectivity index (χ1n) is 9.50. The molecule has 0 atom stereocenters. The topological polar surface area (TPSA) is 75.9 Å². The van der Waals surface area contributed by atoms with Gasteiger partial charge in [0.15, 0.2) is 17.0 Å². The molecule has 2 aromatic heterocycles. The van der Waals surface area contributed by atoms with Crippen LogP contribution in [0.4, 0.5) is 5.82 Å². The number of aryl methyl sites for hydroxylation is 2. The van der Waals surface area contributed by atoms with E-state index in [4.69, 9.17) is 16.6 Å². The van der Waals surface area contributed by atoms with Crippen LogP contribution in [0.5, 0.6) is 5.75 Å². The highest BCUT2D eigenvalue weighted by atomic mass is 35.5. The molecule has 2 N–H and O–H groups in total. The van der Waals surface area contributed by atoms with Crippen LogP contribution in [0.3, 0.4) is 0 Å². The number of fused-ring (bicyclic) bond motifs is 1. The number of phenolic OH excluding ortho intramolecular Hbond substituents is 1. The SMILES string of the molecule is Cc1nc(NC(C2CC2)C2CC2)c2nc(C)n(-c3ccc(O)cc3Cl)c2n1. The van der Waals surface area contributed by atoms with Gasteiger partial charge in [0.05, 0.1) is 10.7 Å². The van der Waals surface area contributed by atoms with Crippen molar-refractivity contribution in [3.63, 3.8) is 0 Å². The van der Waals surface area contributed by atoms with Crippen LogP contribution in [-0.4, -0.2) is 30.7 Å². The number of aromatic nitrogens is 4. The number of phenols is 1. The van der Waals surface area contributed by atoms with Gasteiger partial charge in [-0.25, -0.2) is 15.0 Å². The number of benzene rings is 1. The highest BCUT2D eigenvalue weighted by molar-refractivity contribution is 6.32. The van der Waals surface area contributed by atoms with E-state index in [9.17, 15) is 5.11 Å². The Bertz CT molecular complexity index is 1030. The van der Waals surface area contributed by atoms with Gasteiger partial charge in [0.2, 0.25) is 0 Å². The summed E-state index contributed by atoms with van der Waals surface area (Å²) in [5, 5.41) is 13.8. The second kappa shape index (κ2) is 6.09. The maximum Gasteiger partial charge on any atom is 0.170 e. The first-order chi connectivity index (χ1) is 13.0. The Morgan fingerprint density at radius 2 is 1.81 bits per heavy atom. The molecule has 2 heterocycles. The Kier molecular flexibility index (Phi) is 3.79. The number of hydrogen-bond acceptors (Lipinski definition) is 5. The van der Waals surface area contributed by atoms with Crippen LogP contribution in [0.2, 0.25) is 5.02 Å². The molecule has 1 aromatic carbocycles. The normalized spacial score (nSPS) is 17.0. The van der Waals surface area contributed by atoms with Crippen molar-refractivity contribution >= 4 is 28.6 Å². The molecule has 0 radical (unpaired) electrons. The number of hydrogen-bond donors (Lipinski definition) is 2. The standard InChI is InChI=1S/C20H22ClN5O/c1-10-22-19(25-17(12-3-4-12)13-5-6-13)18-20(23-10)26(11(2)24-18)16-8-7-14(27)9-15(16)21/h7-9,12-13,17,27H,3-6H2,1-2H3,(H,22,23,25). The van der Waals surface area contributed by atoms with Gasteiger partial charge in [-0.1, -0.05) is 11.6 Å². The summed E-state index contributed by atoms with van der Waals surface area (Å²) < 4.78 is 1.93. The van der Waals surface area contributed by atoms with Gasteiger partial charge < -0.3 is 10.4 Å². The Hall–Kier alpha value is -2.34. The van der Waals surface area contributed by atoms with Crippen LogP contribution in [0, 0.1) is 25.7 Å². The smallest absolute Gasteiger partial charge is 0.170 e. The lowest BCUT2D eigenvalue weighted by Crippen LogP contribution is -2.25. The van der Waals surface area contributed by atoms with Crippen molar-refractivity contribution in [1.82, 2.24) is 19.5 Å². The molecule has 3 aromatic rings. The number of anilines is 1. The number of nitrogens with one attached hydrogen (secondary N) is 1. The fourth-order valence-corrected chi connectivity index (χ4v) is 4.19. The Labute approximate surface area is 162 Å². The van der Waals surface area contributed by atoms with E-state index in [1.54, 1.807) is 12.1 Å². The largest absolute Gasteiger partial charge is 0.508 e. The number of halogens is 1. The van der Waals surface area contributed by atoms with Crippen molar-refractivity contribution in [2.45, 2.75) is 45.6 Å². The van der Waals surface area contributed by atoms with E-state index in [-0.39, 0.29) is 5.75 Å². The average molecular weight is 384 g/mol. The summed E-state index contributed by atoms with van der Waals surface area (Å²) in [4.78, 5) is 14.1. The summed E-state index contributed by atoms with van der Waals surface area (Å²) in [5.74, 6) is 3.96. The number of rotatable bonds is 5. The minimum absolute atomic E-state index is 0.135. The molecule has 0 aliphatic heterocycles. The van der Waals surface area contributed by atoms with Gasteiger partial charge in [0.25, 0.3) is 0 Å². The van der Waals surface area contributed by atoms with Gasteiger partial charge in [-0.15, -0.1) is 0 Å². The Morgan fingerprint density at radius 3 is 2.44 bits per heavy atom. The molecule has 6 nitrogen and oxygen atoms in total. The number of imidazole rings is 1. The van der Waals surface area contributed by atoms with E-state index >= 15 is 0 Å². The van der Waals surface area contributed by atoms with Crippen molar-refractivity contribution in [1.29, 1.82) is 0 Å². The molecular formula is C20H22ClN5O. The first-order valence-corrected chi connectivity index (χ1v) is 9.88. The molecule has 2 aliphatic carbocycles. The molecule has 7 heteroatoms. The van der Waals surface area contributed by atoms with Gasteiger partial charge in [-0.3, -0.25) is 4.57 Å². The summed E-state index contributed by atoms with van der Waals surface area (Å²) in [7, 11) is 0. The lowest BCUT2D eigenvalue weighted by molar-refractivity contribution is 0.475. The fraction of sp³-hybridized carbons (Fsp3) is 0.450. The van der Waals surface area contributed by atoms with Crippen LogP contribution < -0.4 is 5.32 Å². The lowest BCUT2D eigenvalue weighted by atomic mass is 10.1. The predicted molar refractivity (Wildman–Crippen MR) is 106 cm³/mol. The fourth-order valence-electron chi connectivity index (χ4n) is 3.93. The van der Waals surface area contributed by atoms with Crippen LogP contribution in [0.25, 0.3) is 16.9 Å². The number of aromatic hydroxyl groups is 1. The lowest BCUT2D eigenvalue weighted by Gasteiger charge is -2.18. The molecule has 0 saturated heterocycles. The van der Waals surface area contributed by atoms with Gasteiger partial charge in [0.1, 0.15) is 17.4 Å². The molecule has 0 bridgehead atoms. The molecule has 0 spiro atoms. The third-order valence-electron chi connectivity index (χ3n) is 5.52. The zero-order valence-corrected chi connectivity index (χ0v) is 16.2. The first kappa shape index (κ1) is 16.8. The molecule has 0 unspecified atom stereocenters. The van der Waals surface area contributed by atoms with Crippen LogP contribution in [0.15, 0.2) is 18.2 Å². The van der Waals surface area contributed by atoms with E-state index < -0.39 is 0 Å². The number of nitrogens with zero attached hydrogens (tertiary/aromatic N) is 4. The second-order valence-corrected chi connectivity index (χ2v) is 8.17. The summed E-state index contributed by atoms with van der Waals surface area (Å²) in [5.41, 5.74) is 2.26. The molecule has 2 fully saturated rings. The van der Waals surface area contributed by atoms with Gasteiger partial charge in [-0.2, -0.15) is 0 Å². The Morgan fingerprint density at radius 1 is 1.11 bits per heavy atom. The third kappa shape index (κ3) is 3.02. The summed E-state index contributed by atoms with van der Waals surface area (Å²) in [6, 6.07) is 5.43. The molecular weight excluding hydrogens is 362 g/mol. The molecule has 5 rings (SSSR count). The van der Waals surface area contributed by atoms with Crippen molar-refractivity contribution in [3.8, 4) is 11.4 Å². The zero-order chi connectivity index (χ0) is 18.7. The van der Waals surface area contributed by atoms with Crippen LogP contribution >= 0.6 is 11.6 Å². The average Bonchev–Trinajstić information content (AvgIpc) is 3.51. The molecule has 2 aliphatic rings. The minimum atomic E-state index is 0.135. The highest BCUT2D eigenvalue weighted by Crippen LogP contribution is 2.46. The van der Waals surface area contributed by atoms with Crippen molar-refractivity contribution in [2.24, 2.45) is 11.8 Å². The Balaban J connectivity index is 1.64. The van der Waals surface area contributed by atoms with Gasteiger partial charge >= 0.3 is 0 Å². The van der Waals surface area contributed by atoms with Crippen molar-refractivity contribution < 1.29 is 5.11 Å². The summed E-state index contributed by atoms with van der Waals surface area (Å²) >= 11 is 6.39. The highest BCUT2D eigenvalue weighted by Gasteiger charge is 2.42.